The molecular formula is C15H13NO2S. The summed E-state index contributed by atoms with van der Waals surface area (Å²) < 4.78 is 5.25. The first kappa shape index (κ1) is 12.0. The Kier molecular flexibility index (Phi) is 3.09. The number of aromatic nitrogens is 1. The summed E-state index contributed by atoms with van der Waals surface area (Å²) >= 11 is 1.53. The molecule has 0 radical (unpaired) electrons. The molecule has 19 heavy (non-hydrogen) atoms. The number of H-pyrrole nitrogens is 1. The van der Waals surface area contributed by atoms with Gasteiger partial charge in [-0.2, -0.15) is 0 Å². The van der Waals surface area contributed by atoms with Gasteiger partial charge in [0.1, 0.15) is 11.5 Å². The van der Waals surface area contributed by atoms with Gasteiger partial charge in [0.05, 0.1) is 12.0 Å². The third kappa shape index (κ3) is 2.27. The van der Waals surface area contributed by atoms with Crippen LogP contribution >= 0.6 is 11.8 Å². The minimum absolute atomic E-state index is 0.296. The van der Waals surface area contributed by atoms with Gasteiger partial charge in [0.2, 0.25) is 0 Å². The van der Waals surface area contributed by atoms with E-state index in [1.807, 2.05) is 42.6 Å². The van der Waals surface area contributed by atoms with E-state index < -0.39 is 0 Å². The Balaban J connectivity index is 2.03. The summed E-state index contributed by atoms with van der Waals surface area (Å²) in [6.07, 6.45) is 1.95. The maximum Gasteiger partial charge on any atom is 0.129 e. The van der Waals surface area contributed by atoms with Gasteiger partial charge in [-0.15, -0.1) is 0 Å². The Morgan fingerprint density at radius 3 is 2.74 bits per heavy atom. The van der Waals surface area contributed by atoms with Crippen LogP contribution in [0.5, 0.6) is 11.5 Å². The summed E-state index contributed by atoms with van der Waals surface area (Å²) in [6, 6.07) is 13.2. The van der Waals surface area contributed by atoms with Gasteiger partial charge in [0.25, 0.3) is 0 Å². The van der Waals surface area contributed by atoms with Crippen LogP contribution in [0.2, 0.25) is 0 Å². The second-order valence-corrected chi connectivity index (χ2v) is 5.22. The first-order valence-electron chi connectivity index (χ1n) is 5.89. The summed E-state index contributed by atoms with van der Waals surface area (Å²) in [5, 5.41) is 10.9. The number of hydrogen-bond donors (Lipinski definition) is 2. The van der Waals surface area contributed by atoms with Gasteiger partial charge in [-0.05, 0) is 30.3 Å². The Morgan fingerprint density at radius 2 is 1.95 bits per heavy atom. The van der Waals surface area contributed by atoms with Crippen molar-refractivity contribution in [3.8, 4) is 11.5 Å². The number of methoxy groups -OCH3 is 1. The van der Waals surface area contributed by atoms with Gasteiger partial charge in [0.15, 0.2) is 0 Å². The van der Waals surface area contributed by atoms with Crippen molar-refractivity contribution in [3.05, 3.63) is 48.7 Å². The molecule has 0 saturated carbocycles. The Bertz CT molecular complexity index is 721. The standard InChI is InChI=1S/C15H13NO2S/c1-18-10-6-7-12-11(8-10)15(9-16-12)19-14-5-3-2-4-13(14)17/h2-9,16-17H,1H3. The zero-order valence-corrected chi connectivity index (χ0v) is 11.2. The molecule has 2 aromatic carbocycles. The summed E-state index contributed by atoms with van der Waals surface area (Å²) in [7, 11) is 1.66. The first-order valence-corrected chi connectivity index (χ1v) is 6.70. The number of phenolic OH excluding ortho intramolecular Hbond substituents is 1. The van der Waals surface area contributed by atoms with Crippen LogP contribution in [0.15, 0.2) is 58.5 Å². The zero-order chi connectivity index (χ0) is 13.2. The Hall–Kier alpha value is -2.07. The van der Waals surface area contributed by atoms with Crippen LogP contribution in [0.1, 0.15) is 0 Å². The predicted octanol–water partition coefficient (Wildman–Crippen LogP) is 4.03. The molecule has 0 unspecified atom stereocenters. The lowest BCUT2D eigenvalue weighted by Crippen LogP contribution is -1.81. The summed E-state index contributed by atoms with van der Waals surface area (Å²) in [4.78, 5) is 5.13. The van der Waals surface area contributed by atoms with Crippen molar-refractivity contribution in [3.63, 3.8) is 0 Å². The van der Waals surface area contributed by atoms with Crippen molar-refractivity contribution < 1.29 is 9.84 Å². The number of para-hydroxylation sites is 1. The highest BCUT2D eigenvalue weighted by Gasteiger charge is 2.08. The number of rotatable bonds is 3. The summed E-state index contributed by atoms with van der Waals surface area (Å²) in [6.45, 7) is 0. The van der Waals surface area contributed by atoms with Gasteiger partial charge < -0.3 is 14.8 Å². The molecule has 3 nitrogen and oxygen atoms in total. The normalized spacial score (nSPS) is 10.8. The molecule has 4 heteroatoms. The molecule has 2 N–H and O–H groups in total. The van der Waals surface area contributed by atoms with Gasteiger partial charge >= 0.3 is 0 Å². The second kappa shape index (κ2) is 4.90. The highest BCUT2D eigenvalue weighted by Crippen LogP contribution is 2.38. The zero-order valence-electron chi connectivity index (χ0n) is 10.4. The molecule has 0 saturated heterocycles. The molecule has 0 aliphatic carbocycles. The lowest BCUT2D eigenvalue weighted by molar-refractivity contribution is 0.415. The van der Waals surface area contributed by atoms with E-state index in [4.69, 9.17) is 4.74 Å². The molecule has 1 aromatic heterocycles. The fraction of sp³-hybridized carbons (Fsp3) is 0.0667. The van der Waals surface area contributed by atoms with Crippen LogP contribution in [0.4, 0.5) is 0 Å². The van der Waals surface area contributed by atoms with E-state index in [9.17, 15) is 5.11 Å². The molecule has 1 heterocycles. The van der Waals surface area contributed by atoms with E-state index >= 15 is 0 Å². The molecule has 0 amide bonds. The van der Waals surface area contributed by atoms with Crippen LogP contribution in [0.25, 0.3) is 10.9 Å². The largest absolute Gasteiger partial charge is 0.507 e. The van der Waals surface area contributed by atoms with Gasteiger partial charge in [0, 0.05) is 22.0 Å². The molecule has 3 rings (SSSR count). The monoisotopic (exact) mass is 271 g/mol. The average molecular weight is 271 g/mol. The third-order valence-corrected chi connectivity index (χ3v) is 4.06. The summed E-state index contributed by atoms with van der Waals surface area (Å²) in [5.74, 6) is 1.12. The van der Waals surface area contributed by atoms with Gasteiger partial charge in [-0.1, -0.05) is 23.9 Å². The SMILES string of the molecule is COc1ccc2[nH]cc(Sc3ccccc3O)c2c1. The molecule has 3 aromatic rings. The second-order valence-electron chi connectivity index (χ2n) is 4.13. The van der Waals surface area contributed by atoms with E-state index in [-0.39, 0.29) is 0 Å². The maximum atomic E-state index is 9.83. The van der Waals surface area contributed by atoms with E-state index in [0.717, 1.165) is 26.4 Å². The number of phenols is 1. The molecule has 96 valence electrons. The van der Waals surface area contributed by atoms with Crippen LogP contribution in [-0.2, 0) is 0 Å². The fourth-order valence-corrected chi connectivity index (χ4v) is 2.90. The van der Waals surface area contributed by atoms with Crippen molar-refractivity contribution >= 4 is 22.7 Å². The number of ether oxygens (including phenoxy) is 1. The van der Waals surface area contributed by atoms with E-state index in [2.05, 4.69) is 4.98 Å². The summed E-state index contributed by atoms with van der Waals surface area (Å²) in [5.41, 5.74) is 1.05. The minimum Gasteiger partial charge on any atom is -0.507 e. The lowest BCUT2D eigenvalue weighted by Gasteiger charge is -2.03. The molecule has 0 aliphatic rings. The number of aromatic amines is 1. The average Bonchev–Trinajstić information content (AvgIpc) is 2.84. The molecule has 0 bridgehead atoms. The van der Waals surface area contributed by atoms with E-state index in [1.54, 1.807) is 13.2 Å². The Morgan fingerprint density at radius 1 is 1.11 bits per heavy atom. The highest BCUT2D eigenvalue weighted by molar-refractivity contribution is 7.99. The third-order valence-electron chi connectivity index (χ3n) is 2.94. The molecule has 0 aliphatic heterocycles. The Labute approximate surface area is 115 Å². The predicted molar refractivity (Wildman–Crippen MR) is 77.1 cm³/mol. The van der Waals surface area contributed by atoms with Gasteiger partial charge in [-0.25, -0.2) is 0 Å². The number of aromatic hydroxyl groups is 1. The van der Waals surface area contributed by atoms with E-state index in [1.165, 1.54) is 11.8 Å². The topological polar surface area (TPSA) is 45.2 Å². The van der Waals surface area contributed by atoms with Crippen LogP contribution in [-0.4, -0.2) is 17.2 Å². The first-order chi connectivity index (χ1) is 9.28. The molecule has 0 atom stereocenters. The van der Waals surface area contributed by atoms with Crippen molar-refractivity contribution in [1.29, 1.82) is 0 Å². The van der Waals surface area contributed by atoms with Crippen molar-refractivity contribution in [1.82, 2.24) is 4.98 Å². The molecule has 0 fully saturated rings. The highest BCUT2D eigenvalue weighted by atomic mass is 32.2. The van der Waals surface area contributed by atoms with Gasteiger partial charge in [-0.3, -0.25) is 0 Å². The lowest BCUT2D eigenvalue weighted by atomic mass is 10.2. The maximum absolute atomic E-state index is 9.83. The fourth-order valence-electron chi connectivity index (χ4n) is 1.95. The van der Waals surface area contributed by atoms with Crippen molar-refractivity contribution in [2.75, 3.05) is 7.11 Å². The van der Waals surface area contributed by atoms with Crippen molar-refractivity contribution in [2.45, 2.75) is 9.79 Å². The molecule has 0 spiro atoms. The number of nitrogens with one attached hydrogen (secondary N) is 1. The van der Waals surface area contributed by atoms with Crippen LogP contribution < -0.4 is 4.74 Å². The van der Waals surface area contributed by atoms with E-state index in [0.29, 0.717) is 5.75 Å². The number of benzene rings is 2. The van der Waals surface area contributed by atoms with Crippen LogP contribution in [0.3, 0.4) is 0 Å². The number of hydrogen-bond acceptors (Lipinski definition) is 3. The quantitative estimate of drug-likeness (QED) is 0.756. The van der Waals surface area contributed by atoms with Crippen LogP contribution in [0, 0.1) is 0 Å². The smallest absolute Gasteiger partial charge is 0.129 e. The van der Waals surface area contributed by atoms with Crippen molar-refractivity contribution in [2.24, 2.45) is 0 Å². The number of fused-ring (bicyclic) bond motifs is 1. The molecular weight excluding hydrogens is 258 g/mol. The minimum atomic E-state index is 0.296.